The Morgan fingerprint density at radius 3 is 2.29 bits per heavy atom. The Labute approximate surface area is 159 Å². The largest absolute Gasteiger partial charge is 0.475 e. The zero-order valence-electron chi connectivity index (χ0n) is 15.4. The molecule has 2 aromatic carbocycles. The molecule has 1 heterocycles. The highest BCUT2D eigenvalue weighted by Crippen LogP contribution is 2.32. The first-order valence-electron chi connectivity index (χ1n) is 8.43. The summed E-state index contributed by atoms with van der Waals surface area (Å²) in [6, 6.07) is 8.10. The summed E-state index contributed by atoms with van der Waals surface area (Å²) in [6.45, 7) is 4.63. The van der Waals surface area contributed by atoms with Crippen molar-refractivity contribution in [1.29, 1.82) is 0 Å². The third kappa shape index (κ3) is 4.16. The molecule has 0 fully saturated rings. The predicted molar refractivity (Wildman–Crippen MR) is 98.3 cm³/mol. The molecule has 0 bridgehead atoms. The second-order valence-electron chi connectivity index (χ2n) is 6.71. The van der Waals surface area contributed by atoms with Gasteiger partial charge in [-0.3, -0.25) is 4.79 Å². The number of ether oxygens (including phenoxy) is 1. The highest BCUT2D eigenvalue weighted by molar-refractivity contribution is 5.88. The summed E-state index contributed by atoms with van der Waals surface area (Å²) >= 11 is 0. The fourth-order valence-electron chi connectivity index (χ4n) is 2.63. The molecule has 0 saturated carbocycles. The Balaban J connectivity index is 1.83. The highest BCUT2D eigenvalue weighted by Gasteiger charge is 2.28. The van der Waals surface area contributed by atoms with E-state index in [0.29, 0.717) is 29.3 Å². The zero-order chi connectivity index (χ0) is 20.5. The van der Waals surface area contributed by atoms with E-state index in [9.17, 15) is 18.0 Å². The minimum atomic E-state index is -1.17. The maximum atomic E-state index is 13.9. The van der Waals surface area contributed by atoms with Gasteiger partial charge >= 0.3 is 0 Å². The van der Waals surface area contributed by atoms with Crippen LogP contribution >= 0.6 is 0 Å². The molecule has 0 atom stereocenters. The molecule has 3 rings (SSSR count). The van der Waals surface area contributed by atoms with E-state index >= 15 is 0 Å². The molecule has 8 heteroatoms. The third-order valence-electron chi connectivity index (χ3n) is 4.02. The number of nitrogens with one attached hydrogen (secondary N) is 2. The van der Waals surface area contributed by atoms with Crippen LogP contribution in [-0.2, 0) is 10.4 Å². The lowest BCUT2D eigenvalue weighted by atomic mass is 10.1. The second-order valence-corrected chi connectivity index (χ2v) is 6.71. The van der Waals surface area contributed by atoms with E-state index in [-0.39, 0.29) is 5.91 Å². The third-order valence-corrected chi connectivity index (χ3v) is 4.02. The summed E-state index contributed by atoms with van der Waals surface area (Å²) in [7, 11) is 0. The van der Waals surface area contributed by atoms with Crippen molar-refractivity contribution in [1.82, 2.24) is 9.97 Å². The average molecular weight is 389 g/mol. The van der Waals surface area contributed by atoms with Crippen LogP contribution in [0.5, 0.6) is 5.75 Å². The molecule has 1 aromatic heterocycles. The van der Waals surface area contributed by atoms with E-state index < -0.39 is 28.8 Å². The quantitative estimate of drug-likeness (QED) is 0.661. The van der Waals surface area contributed by atoms with Crippen LogP contribution in [0.3, 0.4) is 0 Å². The van der Waals surface area contributed by atoms with Gasteiger partial charge in [0.1, 0.15) is 17.2 Å². The lowest BCUT2D eigenvalue weighted by molar-refractivity contribution is -0.114. The summed E-state index contributed by atoms with van der Waals surface area (Å²) in [4.78, 5) is 18.4. The summed E-state index contributed by atoms with van der Waals surface area (Å²) in [5, 5.41) is 2.67. The summed E-state index contributed by atoms with van der Waals surface area (Å²) in [5.74, 6) is -3.60. The van der Waals surface area contributed by atoms with E-state index in [1.807, 2.05) is 0 Å². The van der Waals surface area contributed by atoms with E-state index in [2.05, 4.69) is 15.3 Å². The van der Waals surface area contributed by atoms with Gasteiger partial charge in [0.15, 0.2) is 17.4 Å². The predicted octanol–water partition coefficient (Wildman–Crippen LogP) is 4.77. The number of aromatic nitrogens is 2. The lowest BCUT2D eigenvalue weighted by Gasteiger charge is -2.25. The van der Waals surface area contributed by atoms with Gasteiger partial charge in [0.2, 0.25) is 5.91 Å². The number of amides is 1. The molecule has 0 aliphatic heterocycles. The van der Waals surface area contributed by atoms with Crippen LogP contribution in [0.1, 0.15) is 26.5 Å². The van der Waals surface area contributed by atoms with Crippen LogP contribution in [0.2, 0.25) is 0 Å². The standard InChI is InChI=1S/C20H18F3N3O2/c1-11(27)25-14-6-4-12(5-7-14)19-24-10-17(26-19)20(2,3)28-18-15(22)8-13(21)9-16(18)23/h4-10H,1-3H3,(H,24,26)(H,25,27). The zero-order valence-corrected chi connectivity index (χ0v) is 15.4. The van der Waals surface area contributed by atoms with Crippen molar-refractivity contribution in [3.8, 4) is 17.1 Å². The molecule has 0 spiro atoms. The maximum Gasteiger partial charge on any atom is 0.221 e. The van der Waals surface area contributed by atoms with Gasteiger partial charge in [0.25, 0.3) is 0 Å². The Bertz CT molecular complexity index is 991. The number of aromatic amines is 1. The van der Waals surface area contributed by atoms with Crippen LogP contribution in [0.25, 0.3) is 11.4 Å². The molecule has 0 radical (unpaired) electrons. The van der Waals surface area contributed by atoms with Crippen LogP contribution in [0.15, 0.2) is 42.6 Å². The number of rotatable bonds is 5. The summed E-state index contributed by atoms with van der Waals surface area (Å²) in [6.07, 6.45) is 1.50. The molecular formula is C20H18F3N3O2. The first kappa shape index (κ1) is 19.5. The number of hydrogen-bond acceptors (Lipinski definition) is 3. The van der Waals surface area contributed by atoms with Gasteiger partial charge in [-0.15, -0.1) is 0 Å². The normalized spacial score (nSPS) is 11.4. The Kier molecular flexibility index (Phi) is 5.13. The van der Waals surface area contributed by atoms with E-state index in [1.54, 1.807) is 38.1 Å². The van der Waals surface area contributed by atoms with Gasteiger partial charge in [-0.05, 0) is 38.1 Å². The minimum Gasteiger partial charge on any atom is -0.475 e. The van der Waals surface area contributed by atoms with Gasteiger partial charge in [0.05, 0.1) is 11.9 Å². The van der Waals surface area contributed by atoms with Crippen molar-refractivity contribution in [3.63, 3.8) is 0 Å². The number of carbonyl (C=O) groups excluding carboxylic acids is 1. The number of benzene rings is 2. The first-order chi connectivity index (χ1) is 13.2. The molecule has 0 saturated heterocycles. The van der Waals surface area contributed by atoms with Crippen molar-refractivity contribution in [2.24, 2.45) is 0 Å². The molecule has 0 unspecified atom stereocenters. The minimum absolute atomic E-state index is 0.174. The molecule has 0 aliphatic carbocycles. The molecule has 0 aliphatic rings. The van der Waals surface area contributed by atoms with Crippen LogP contribution in [-0.4, -0.2) is 15.9 Å². The topological polar surface area (TPSA) is 67.0 Å². The summed E-state index contributed by atoms with van der Waals surface area (Å²) < 4.78 is 46.3. The number of H-pyrrole nitrogens is 1. The Morgan fingerprint density at radius 1 is 1.11 bits per heavy atom. The molecular weight excluding hydrogens is 371 g/mol. The number of halogens is 3. The van der Waals surface area contributed by atoms with Gasteiger partial charge in [-0.1, -0.05) is 0 Å². The van der Waals surface area contributed by atoms with E-state index in [4.69, 9.17) is 4.74 Å². The molecule has 146 valence electrons. The highest BCUT2D eigenvalue weighted by atomic mass is 19.1. The Hall–Kier alpha value is -3.29. The fourth-order valence-corrected chi connectivity index (χ4v) is 2.63. The van der Waals surface area contributed by atoms with Crippen LogP contribution in [0.4, 0.5) is 18.9 Å². The number of imidazole rings is 1. The van der Waals surface area contributed by atoms with Crippen LogP contribution < -0.4 is 10.1 Å². The lowest BCUT2D eigenvalue weighted by Crippen LogP contribution is -2.27. The molecule has 2 N–H and O–H groups in total. The van der Waals surface area contributed by atoms with Crippen molar-refractivity contribution < 1.29 is 22.7 Å². The molecule has 5 nitrogen and oxygen atoms in total. The fraction of sp³-hybridized carbons (Fsp3) is 0.200. The number of anilines is 1. The van der Waals surface area contributed by atoms with Crippen LogP contribution in [0, 0.1) is 17.5 Å². The number of hydrogen-bond donors (Lipinski definition) is 2. The molecule has 1 amide bonds. The Morgan fingerprint density at radius 2 is 1.71 bits per heavy atom. The monoisotopic (exact) mass is 389 g/mol. The molecule has 28 heavy (non-hydrogen) atoms. The smallest absolute Gasteiger partial charge is 0.221 e. The van der Waals surface area contributed by atoms with Crippen molar-refractivity contribution in [2.75, 3.05) is 5.32 Å². The van der Waals surface area contributed by atoms with E-state index in [1.165, 1.54) is 13.1 Å². The maximum absolute atomic E-state index is 13.9. The molecule has 3 aromatic rings. The van der Waals surface area contributed by atoms with Gasteiger partial charge in [-0.2, -0.15) is 0 Å². The second kappa shape index (κ2) is 7.38. The number of nitrogens with zero attached hydrogens (tertiary/aromatic N) is 1. The summed E-state index contributed by atoms with van der Waals surface area (Å²) in [5.41, 5.74) is 0.696. The van der Waals surface area contributed by atoms with Gasteiger partial charge < -0.3 is 15.0 Å². The SMILES string of the molecule is CC(=O)Nc1ccc(-c2ncc(C(C)(C)Oc3c(F)cc(F)cc3F)[nH]2)cc1. The van der Waals surface area contributed by atoms with Crippen molar-refractivity contribution in [3.05, 3.63) is 65.7 Å². The van der Waals surface area contributed by atoms with Gasteiger partial charge in [-0.25, -0.2) is 18.2 Å². The van der Waals surface area contributed by atoms with Gasteiger partial charge in [0, 0.05) is 30.3 Å². The van der Waals surface area contributed by atoms with E-state index in [0.717, 1.165) is 5.56 Å². The first-order valence-corrected chi connectivity index (χ1v) is 8.43. The van der Waals surface area contributed by atoms with Crippen molar-refractivity contribution >= 4 is 11.6 Å². The van der Waals surface area contributed by atoms with Crippen molar-refractivity contribution in [2.45, 2.75) is 26.4 Å². The number of carbonyl (C=O) groups is 1. The average Bonchev–Trinajstić information content (AvgIpc) is 3.09.